The second-order valence-corrected chi connectivity index (χ2v) is 6.49. The van der Waals surface area contributed by atoms with E-state index in [-0.39, 0.29) is 23.2 Å². The molecule has 0 spiro atoms. The summed E-state index contributed by atoms with van der Waals surface area (Å²) in [6, 6.07) is 0.142. The lowest BCUT2D eigenvalue weighted by atomic mass is 10.1. The fraction of sp³-hybridized carbons (Fsp3) is 0.600. The molecular weight excluding hydrogens is 228 g/mol. The minimum absolute atomic E-state index is 0.0525. The van der Waals surface area contributed by atoms with E-state index in [1.807, 2.05) is 13.8 Å². The van der Waals surface area contributed by atoms with Gasteiger partial charge in [0.05, 0.1) is 11.5 Å². The van der Waals surface area contributed by atoms with E-state index in [0.29, 0.717) is 18.3 Å². The lowest BCUT2D eigenvalue weighted by molar-refractivity contribution is 0.111. The van der Waals surface area contributed by atoms with E-state index in [1.165, 1.54) is 0 Å². The number of aromatic nitrogens is 2. The van der Waals surface area contributed by atoms with Crippen molar-refractivity contribution in [2.45, 2.75) is 32.1 Å². The van der Waals surface area contributed by atoms with Crippen LogP contribution in [0.4, 0.5) is 0 Å². The number of hydrogen-bond donors (Lipinski definition) is 0. The zero-order chi connectivity index (χ0) is 11.9. The minimum Gasteiger partial charge on any atom is -0.296 e. The summed E-state index contributed by atoms with van der Waals surface area (Å²) in [5, 5.41) is 4.16. The molecule has 16 heavy (non-hydrogen) atoms. The summed E-state index contributed by atoms with van der Waals surface area (Å²) in [4.78, 5) is 10.9. The fourth-order valence-corrected chi connectivity index (χ4v) is 3.41. The second kappa shape index (κ2) is 3.69. The predicted molar refractivity (Wildman–Crippen MR) is 59.2 cm³/mol. The molecule has 0 radical (unpaired) electrons. The van der Waals surface area contributed by atoms with Crippen LogP contribution in [-0.2, 0) is 22.0 Å². The van der Waals surface area contributed by atoms with Crippen LogP contribution in [-0.4, -0.2) is 30.2 Å². The van der Waals surface area contributed by atoms with Gasteiger partial charge in [-0.1, -0.05) is 0 Å². The Hall–Kier alpha value is -1.17. The number of nitrogens with zero attached hydrogens (tertiary/aromatic N) is 2. The van der Waals surface area contributed by atoms with Crippen LogP contribution >= 0.6 is 0 Å². The van der Waals surface area contributed by atoms with E-state index < -0.39 is 9.84 Å². The topological polar surface area (TPSA) is 69.0 Å². The van der Waals surface area contributed by atoms with E-state index in [4.69, 9.17) is 0 Å². The van der Waals surface area contributed by atoms with Gasteiger partial charge < -0.3 is 0 Å². The van der Waals surface area contributed by atoms with Gasteiger partial charge in [0.25, 0.3) is 0 Å². The van der Waals surface area contributed by atoms with Crippen molar-refractivity contribution in [1.82, 2.24) is 9.78 Å². The molecule has 5 nitrogen and oxygen atoms in total. The molecule has 1 aromatic heterocycles. The lowest BCUT2D eigenvalue weighted by Crippen LogP contribution is -2.21. The Morgan fingerprint density at radius 1 is 1.44 bits per heavy atom. The molecule has 1 aliphatic rings. The zero-order valence-electron chi connectivity index (χ0n) is 9.30. The standard InChI is InChI=1S/C10H14N2O3S/c1-7(2)12-10-3-4-16(14,15)6-8(10)9(5-13)11-12/h5,7H,3-4,6H2,1-2H3. The van der Waals surface area contributed by atoms with Gasteiger partial charge in [-0.15, -0.1) is 0 Å². The van der Waals surface area contributed by atoms with Crippen molar-refractivity contribution < 1.29 is 13.2 Å². The first-order valence-corrected chi connectivity index (χ1v) is 7.02. The van der Waals surface area contributed by atoms with Crippen molar-refractivity contribution in [2.75, 3.05) is 5.75 Å². The van der Waals surface area contributed by atoms with Gasteiger partial charge in [0.15, 0.2) is 16.1 Å². The third-order valence-electron chi connectivity index (χ3n) is 2.76. The maximum absolute atomic E-state index is 11.5. The molecule has 0 amide bonds. The highest BCUT2D eigenvalue weighted by Gasteiger charge is 2.28. The Balaban J connectivity index is 2.59. The number of fused-ring (bicyclic) bond motifs is 1. The number of aldehydes is 1. The molecule has 0 saturated heterocycles. The van der Waals surface area contributed by atoms with Crippen molar-refractivity contribution in [1.29, 1.82) is 0 Å². The lowest BCUT2D eigenvalue weighted by Gasteiger charge is -2.16. The third kappa shape index (κ3) is 1.77. The summed E-state index contributed by atoms with van der Waals surface area (Å²) < 4.78 is 24.8. The first kappa shape index (κ1) is 11.3. The maximum atomic E-state index is 11.5. The molecular formula is C10H14N2O3S. The Labute approximate surface area is 94.4 Å². The largest absolute Gasteiger partial charge is 0.296 e. The normalized spacial score (nSPS) is 18.4. The van der Waals surface area contributed by atoms with Gasteiger partial charge in [-0.05, 0) is 13.8 Å². The summed E-state index contributed by atoms with van der Waals surface area (Å²) in [6.45, 7) is 3.93. The van der Waals surface area contributed by atoms with Crippen LogP contribution in [0, 0.1) is 0 Å². The molecule has 0 saturated carbocycles. The van der Waals surface area contributed by atoms with E-state index in [9.17, 15) is 13.2 Å². The first-order chi connectivity index (χ1) is 7.44. The van der Waals surface area contributed by atoms with E-state index in [1.54, 1.807) is 4.68 Å². The summed E-state index contributed by atoms with van der Waals surface area (Å²) in [7, 11) is -3.05. The van der Waals surface area contributed by atoms with Crippen LogP contribution in [0.3, 0.4) is 0 Å². The summed E-state index contributed by atoms with van der Waals surface area (Å²) >= 11 is 0. The van der Waals surface area contributed by atoms with Crippen LogP contribution < -0.4 is 0 Å². The van der Waals surface area contributed by atoms with Crippen molar-refractivity contribution in [3.05, 3.63) is 17.0 Å². The number of hydrogen-bond acceptors (Lipinski definition) is 4. The zero-order valence-corrected chi connectivity index (χ0v) is 10.1. The molecule has 0 aliphatic carbocycles. The van der Waals surface area contributed by atoms with Gasteiger partial charge in [0.2, 0.25) is 0 Å². The number of carbonyl (C=O) groups is 1. The van der Waals surface area contributed by atoms with Gasteiger partial charge in [-0.3, -0.25) is 9.48 Å². The second-order valence-electron chi connectivity index (χ2n) is 4.31. The number of carbonyl (C=O) groups excluding carboxylic acids is 1. The highest BCUT2D eigenvalue weighted by atomic mass is 32.2. The number of sulfone groups is 1. The monoisotopic (exact) mass is 242 g/mol. The van der Waals surface area contributed by atoms with Gasteiger partial charge in [-0.25, -0.2) is 8.42 Å². The van der Waals surface area contributed by atoms with Gasteiger partial charge >= 0.3 is 0 Å². The van der Waals surface area contributed by atoms with Gasteiger partial charge in [-0.2, -0.15) is 5.10 Å². The Morgan fingerprint density at radius 2 is 2.12 bits per heavy atom. The Bertz CT molecular complexity index is 529. The van der Waals surface area contributed by atoms with Crippen molar-refractivity contribution >= 4 is 16.1 Å². The SMILES string of the molecule is CC(C)n1nc(C=O)c2c1CCS(=O)(=O)C2. The molecule has 0 bridgehead atoms. The van der Waals surface area contributed by atoms with E-state index in [0.717, 1.165) is 5.69 Å². The smallest absolute Gasteiger partial charge is 0.170 e. The van der Waals surface area contributed by atoms with Crippen LogP contribution in [0.2, 0.25) is 0 Å². The van der Waals surface area contributed by atoms with Crippen molar-refractivity contribution in [3.63, 3.8) is 0 Å². The molecule has 0 aromatic carbocycles. The van der Waals surface area contributed by atoms with Crippen LogP contribution in [0.1, 0.15) is 41.6 Å². The summed E-state index contributed by atoms with van der Waals surface area (Å²) in [5.41, 5.74) is 1.76. The molecule has 1 aromatic rings. The van der Waals surface area contributed by atoms with Crippen LogP contribution in [0.5, 0.6) is 0 Å². The molecule has 88 valence electrons. The third-order valence-corrected chi connectivity index (χ3v) is 4.32. The molecule has 1 aliphatic heterocycles. The minimum atomic E-state index is -3.05. The molecule has 0 fully saturated rings. The molecule has 0 unspecified atom stereocenters. The Kier molecular flexibility index (Phi) is 2.61. The highest BCUT2D eigenvalue weighted by Crippen LogP contribution is 2.25. The van der Waals surface area contributed by atoms with E-state index >= 15 is 0 Å². The van der Waals surface area contributed by atoms with Crippen LogP contribution in [0.25, 0.3) is 0 Å². The fourth-order valence-electron chi connectivity index (χ4n) is 2.01. The summed E-state index contributed by atoms with van der Waals surface area (Å²) in [5.74, 6) is 0.0971. The molecule has 0 N–H and O–H groups in total. The molecule has 0 atom stereocenters. The van der Waals surface area contributed by atoms with Crippen molar-refractivity contribution in [2.24, 2.45) is 0 Å². The van der Waals surface area contributed by atoms with Gasteiger partial charge in [0.1, 0.15) is 5.69 Å². The predicted octanol–water partition coefficient (Wildman–Crippen LogP) is 0.747. The Morgan fingerprint density at radius 3 is 2.69 bits per heavy atom. The van der Waals surface area contributed by atoms with Gasteiger partial charge in [0, 0.05) is 23.7 Å². The van der Waals surface area contributed by atoms with E-state index in [2.05, 4.69) is 5.10 Å². The molecule has 2 heterocycles. The number of rotatable bonds is 2. The average Bonchev–Trinajstić information content (AvgIpc) is 2.54. The van der Waals surface area contributed by atoms with Crippen LogP contribution in [0.15, 0.2) is 0 Å². The molecule has 6 heteroatoms. The average molecular weight is 242 g/mol. The first-order valence-electron chi connectivity index (χ1n) is 5.20. The maximum Gasteiger partial charge on any atom is 0.170 e. The quantitative estimate of drug-likeness (QED) is 0.717. The molecule has 2 rings (SSSR count). The van der Waals surface area contributed by atoms with Crippen molar-refractivity contribution in [3.8, 4) is 0 Å². The highest BCUT2D eigenvalue weighted by molar-refractivity contribution is 7.90. The summed E-state index contributed by atoms with van der Waals surface area (Å²) in [6.07, 6.45) is 1.09.